The Hall–Kier alpha value is -3.28. The van der Waals surface area contributed by atoms with Crippen molar-refractivity contribution in [1.82, 2.24) is 10.1 Å². The summed E-state index contributed by atoms with van der Waals surface area (Å²) in [6.07, 6.45) is 0. The Morgan fingerprint density at radius 1 is 1.20 bits per heavy atom. The quantitative estimate of drug-likeness (QED) is 0.772. The molecule has 0 aliphatic heterocycles. The van der Waals surface area contributed by atoms with Crippen LogP contribution in [-0.4, -0.2) is 35.2 Å². The van der Waals surface area contributed by atoms with Crippen molar-refractivity contribution in [2.24, 2.45) is 0 Å². The van der Waals surface area contributed by atoms with Gasteiger partial charge in [-0.3, -0.25) is 4.79 Å². The van der Waals surface area contributed by atoms with Gasteiger partial charge in [0.15, 0.2) is 11.5 Å². The number of carbonyl (C=O) groups is 1. The number of phenols is 1. The number of carbonyl (C=O) groups excluding carboxylic acids is 1. The molecule has 3 aromatic rings. The lowest BCUT2D eigenvalue weighted by Crippen LogP contribution is -2.26. The highest BCUT2D eigenvalue weighted by atomic mass is 16.5. The van der Waals surface area contributed by atoms with Gasteiger partial charge in [-0.25, -0.2) is 0 Å². The molecule has 3 rings (SSSR count). The monoisotopic (exact) mass is 338 g/mol. The highest BCUT2D eigenvalue weighted by molar-refractivity contribution is 5.93. The highest BCUT2D eigenvalue weighted by Gasteiger charge is 2.19. The summed E-state index contributed by atoms with van der Waals surface area (Å²) in [7, 11) is 3.26. The lowest BCUT2D eigenvalue weighted by molar-refractivity contribution is 0.0775. The third kappa shape index (κ3) is 3.63. The fraction of sp³-hybridized carbons (Fsp3) is 0.158. The van der Waals surface area contributed by atoms with Crippen LogP contribution < -0.4 is 4.74 Å². The van der Waals surface area contributed by atoms with E-state index < -0.39 is 0 Å². The Morgan fingerprint density at radius 3 is 2.64 bits per heavy atom. The molecule has 1 amide bonds. The number of hydrogen-bond acceptors (Lipinski definition) is 5. The SMILES string of the molecule is COc1ccccc1-c1cc(C(=O)N(C)Cc2ccc(O)cc2)no1. The van der Waals surface area contributed by atoms with Crippen molar-refractivity contribution >= 4 is 5.91 Å². The fourth-order valence-electron chi connectivity index (χ4n) is 2.49. The van der Waals surface area contributed by atoms with Crippen LogP contribution in [0.1, 0.15) is 16.1 Å². The molecule has 0 spiro atoms. The summed E-state index contributed by atoms with van der Waals surface area (Å²) in [5.41, 5.74) is 1.86. The minimum absolute atomic E-state index is 0.190. The van der Waals surface area contributed by atoms with E-state index >= 15 is 0 Å². The number of nitrogens with zero attached hydrogens (tertiary/aromatic N) is 2. The zero-order valence-electron chi connectivity index (χ0n) is 14.0. The molecule has 2 aromatic carbocycles. The summed E-state index contributed by atoms with van der Waals surface area (Å²) in [6.45, 7) is 0.399. The lowest BCUT2D eigenvalue weighted by atomic mass is 10.1. The zero-order chi connectivity index (χ0) is 17.8. The second-order valence-electron chi connectivity index (χ2n) is 5.60. The molecular formula is C19H18N2O4. The first-order valence-electron chi connectivity index (χ1n) is 7.72. The summed E-state index contributed by atoms with van der Waals surface area (Å²) in [6, 6.07) is 15.7. The molecule has 0 saturated heterocycles. The van der Waals surface area contributed by atoms with Crippen LogP contribution in [0.2, 0.25) is 0 Å². The van der Waals surface area contributed by atoms with E-state index in [1.807, 2.05) is 24.3 Å². The van der Waals surface area contributed by atoms with Crippen LogP contribution in [0.15, 0.2) is 59.1 Å². The number of aromatic nitrogens is 1. The van der Waals surface area contributed by atoms with Crippen LogP contribution in [0, 0.1) is 0 Å². The number of amides is 1. The van der Waals surface area contributed by atoms with E-state index in [0.29, 0.717) is 18.1 Å². The van der Waals surface area contributed by atoms with Crippen molar-refractivity contribution in [3.63, 3.8) is 0 Å². The zero-order valence-corrected chi connectivity index (χ0v) is 14.0. The number of phenolic OH excluding ortho intramolecular Hbond substituents is 1. The predicted molar refractivity (Wildman–Crippen MR) is 92.4 cm³/mol. The molecule has 1 heterocycles. The van der Waals surface area contributed by atoms with Crippen molar-refractivity contribution in [1.29, 1.82) is 0 Å². The molecule has 128 valence electrons. The maximum Gasteiger partial charge on any atom is 0.276 e. The minimum Gasteiger partial charge on any atom is -0.508 e. The number of methoxy groups -OCH3 is 1. The third-order valence-corrected chi connectivity index (χ3v) is 3.80. The molecule has 25 heavy (non-hydrogen) atoms. The Morgan fingerprint density at radius 2 is 1.92 bits per heavy atom. The number of benzene rings is 2. The topological polar surface area (TPSA) is 75.8 Å². The normalized spacial score (nSPS) is 10.5. The van der Waals surface area contributed by atoms with Gasteiger partial charge in [-0.15, -0.1) is 0 Å². The first kappa shape index (κ1) is 16.6. The molecule has 0 saturated carbocycles. The number of rotatable bonds is 5. The van der Waals surface area contributed by atoms with Crippen LogP contribution in [0.5, 0.6) is 11.5 Å². The molecule has 0 aliphatic carbocycles. The molecule has 6 nitrogen and oxygen atoms in total. The lowest BCUT2D eigenvalue weighted by Gasteiger charge is -2.15. The summed E-state index contributed by atoms with van der Waals surface area (Å²) in [4.78, 5) is 14.1. The van der Waals surface area contributed by atoms with E-state index in [1.165, 1.54) is 4.90 Å². The summed E-state index contributed by atoms with van der Waals surface area (Å²) in [5, 5.41) is 13.2. The van der Waals surface area contributed by atoms with Crippen LogP contribution in [0.25, 0.3) is 11.3 Å². The molecule has 0 atom stereocenters. The minimum atomic E-state index is -0.252. The molecule has 1 aromatic heterocycles. The second-order valence-corrected chi connectivity index (χ2v) is 5.60. The third-order valence-electron chi connectivity index (χ3n) is 3.80. The molecule has 0 fully saturated rings. The van der Waals surface area contributed by atoms with E-state index in [0.717, 1.165) is 11.1 Å². The molecule has 0 bridgehead atoms. The standard InChI is InChI=1S/C19H18N2O4/c1-21(12-13-7-9-14(22)10-8-13)19(23)16-11-18(25-20-16)15-5-3-4-6-17(15)24-2/h3-11,22H,12H2,1-2H3. The van der Waals surface area contributed by atoms with Crippen LogP contribution >= 0.6 is 0 Å². The maximum absolute atomic E-state index is 12.5. The smallest absolute Gasteiger partial charge is 0.276 e. The van der Waals surface area contributed by atoms with Gasteiger partial charge in [0, 0.05) is 19.7 Å². The van der Waals surface area contributed by atoms with Gasteiger partial charge < -0.3 is 19.3 Å². The fourth-order valence-corrected chi connectivity index (χ4v) is 2.49. The van der Waals surface area contributed by atoms with Gasteiger partial charge in [-0.1, -0.05) is 29.4 Å². The van der Waals surface area contributed by atoms with E-state index in [1.54, 1.807) is 44.5 Å². The molecule has 0 radical (unpaired) electrons. The first-order chi connectivity index (χ1) is 12.1. The Labute approximate surface area is 145 Å². The highest BCUT2D eigenvalue weighted by Crippen LogP contribution is 2.30. The summed E-state index contributed by atoms with van der Waals surface area (Å²) >= 11 is 0. The van der Waals surface area contributed by atoms with Gasteiger partial charge in [0.1, 0.15) is 11.5 Å². The largest absolute Gasteiger partial charge is 0.508 e. The van der Waals surface area contributed by atoms with Crippen molar-refractivity contribution < 1.29 is 19.2 Å². The Bertz CT molecular complexity index is 871. The van der Waals surface area contributed by atoms with E-state index in [4.69, 9.17) is 9.26 Å². The molecule has 6 heteroatoms. The number of hydrogen-bond donors (Lipinski definition) is 1. The molecular weight excluding hydrogens is 320 g/mol. The van der Waals surface area contributed by atoms with Crippen molar-refractivity contribution in [2.75, 3.05) is 14.2 Å². The Balaban J connectivity index is 1.77. The molecule has 0 unspecified atom stereocenters. The van der Waals surface area contributed by atoms with Crippen molar-refractivity contribution in [3.8, 4) is 22.8 Å². The summed E-state index contributed by atoms with van der Waals surface area (Å²) in [5.74, 6) is 1.06. The van der Waals surface area contributed by atoms with Gasteiger partial charge in [-0.2, -0.15) is 0 Å². The molecule has 0 aliphatic rings. The van der Waals surface area contributed by atoms with Crippen molar-refractivity contribution in [2.45, 2.75) is 6.54 Å². The maximum atomic E-state index is 12.5. The van der Waals surface area contributed by atoms with E-state index in [9.17, 15) is 9.90 Å². The average molecular weight is 338 g/mol. The van der Waals surface area contributed by atoms with Gasteiger partial charge in [0.05, 0.1) is 12.7 Å². The average Bonchev–Trinajstić information content (AvgIpc) is 3.12. The number of aromatic hydroxyl groups is 1. The van der Waals surface area contributed by atoms with Gasteiger partial charge in [-0.05, 0) is 29.8 Å². The van der Waals surface area contributed by atoms with Gasteiger partial charge in [0.2, 0.25) is 0 Å². The first-order valence-corrected chi connectivity index (χ1v) is 7.72. The van der Waals surface area contributed by atoms with E-state index in [-0.39, 0.29) is 17.4 Å². The van der Waals surface area contributed by atoms with Crippen LogP contribution in [-0.2, 0) is 6.54 Å². The van der Waals surface area contributed by atoms with Crippen LogP contribution in [0.4, 0.5) is 0 Å². The van der Waals surface area contributed by atoms with Crippen LogP contribution in [0.3, 0.4) is 0 Å². The predicted octanol–water partition coefficient (Wildman–Crippen LogP) is 3.33. The Kier molecular flexibility index (Phi) is 4.70. The summed E-state index contributed by atoms with van der Waals surface area (Å²) < 4.78 is 10.6. The van der Waals surface area contributed by atoms with Gasteiger partial charge >= 0.3 is 0 Å². The number of ether oxygens (including phenoxy) is 1. The van der Waals surface area contributed by atoms with Crippen molar-refractivity contribution in [3.05, 3.63) is 65.9 Å². The van der Waals surface area contributed by atoms with E-state index in [2.05, 4.69) is 5.16 Å². The second kappa shape index (κ2) is 7.09. The van der Waals surface area contributed by atoms with Gasteiger partial charge in [0.25, 0.3) is 5.91 Å². The number of para-hydroxylation sites is 1. The molecule has 1 N–H and O–H groups in total.